The van der Waals surface area contributed by atoms with Gasteiger partial charge in [0.05, 0.1) is 9.67 Å². The lowest BCUT2D eigenvalue weighted by Gasteiger charge is -2.13. The van der Waals surface area contributed by atoms with Crippen molar-refractivity contribution in [3.8, 4) is 11.5 Å². The van der Waals surface area contributed by atoms with E-state index in [9.17, 15) is 5.11 Å². The lowest BCUT2D eigenvalue weighted by molar-refractivity contribution is 0.195. The summed E-state index contributed by atoms with van der Waals surface area (Å²) in [5.41, 5.74) is 0.798. The molecular weight excluding hydrogens is 327 g/mol. The molecule has 0 radical (unpaired) electrons. The SMILES string of the molecule is CC(O)c1ccccc1Oc1ccccc1I. The monoisotopic (exact) mass is 340 g/mol. The summed E-state index contributed by atoms with van der Waals surface area (Å²) < 4.78 is 6.88. The first kappa shape index (κ1) is 12.4. The Balaban J connectivity index is 2.34. The van der Waals surface area contributed by atoms with Crippen molar-refractivity contribution in [2.45, 2.75) is 13.0 Å². The summed E-state index contributed by atoms with van der Waals surface area (Å²) in [5.74, 6) is 1.51. The molecule has 0 fully saturated rings. The maximum absolute atomic E-state index is 9.67. The van der Waals surface area contributed by atoms with Gasteiger partial charge in [-0.1, -0.05) is 30.3 Å². The molecule has 0 heterocycles. The van der Waals surface area contributed by atoms with Gasteiger partial charge in [-0.3, -0.25) is 0 Å². The van der Waals surface area contributed by atoms with Crippen LogP contribution in [0.15, 0.2) is 48.5 Å². The van der Waals surface area contributed by atoms with Crippen LogP contribution in [0.25, 0.3) is 0 Å². The number of hydrogen-bond donors (Lipinski definition) is 1. The summed E-state index contributed by atoms with van der Waals surface area (Å²) >= 11 is 2.23. The molecule has 0 aliphatic carbocycles. The van der Waals surface area contributed by atoms with Crippen LogP contribution in [0.5, 0.6) is 11.5 Å². The Labute approximate surface area is 114 Å². The van der Waals surface area contributed by atoms with Crippen LogP contribution in [0, 0.1) is 3.57 Å². The quantitative estimate of drug-likeness (QED) is 0.851. The largest absolute Gasteiger partial charge is 0.456 e. The first-order chi connectivity index (χ1) is 8.18. The van der Waals surface area contributed by atoms with Gasteiger partial charge in [-0.25, -0.2) is 0 Å². The molecular formula is C14H13IO2. The zero-order valence-corrected chi connectivity index (χ0v) is 11.6. The van der Waals surface area contributed by atoms with Gasteiger partial charge in [-0.05, 0) is 47.7 Å². The van der Waals surface area contributed by atoms with Gasteiger partial charge < -0.3 is 9.84 Å². The van der Waals surface area contributed by atoms with Crippen molar-refractivity contribution in [3.63, 3.8) is 0 Å². The third-order valence-corrected chi connectivity index (χ3v) is 3.32. The molecule has 2 aromatic carbocycles. The van der Waals surface area contributed by atoms with Gasteiger partial charge in [0.15, 0.2) is 0 Å². The van der Waals surface area contributed by atoms with Crippen LogP contribution in [0.1, 0.15) is 18.6 Å². The smallest absolute Gasteiger partial charge is 0.140 e. The Morgan fingerprint density at radius 2 is 1.59 bits per heavy atom. The highest BCUT2D eigenvalue weighted by atomic mass is 127. The fraction of sp³-hybridized carbons (Fsp3) is 0.143. The molecule has 0 aromatic heterocycles. The molecule has 0 bridgehead atoms. The molecule has 2 rings (SSSR count). The average Bonchev–Trinajstić information content (AvgIpc) is 2.32. The lowest BCUT2D eigenvalue weighted by atomic mass is 10.1. The normalized spacial score (nSPS) is 12.2. The van der Waals surface area contributed by atoms with E-state index in [0.717, 1.165) is 14.9 Å². The summed E-state index contributed by atoms with van der Waals surface area (Å²) in [7, 11) is 0. The molecule has 0 saturated carbocycles. The predicted octanol–water partition coefficient (Wildman–Crippen LogP) is 4.14. The van der Waals surface area contributed by atoms with Crippen LogP contribution in [0.2, 0.25) is 0 Å². The highest BCUT2D eigenvalue weighted by Crippen LogP contribution is 2.31. The van der Waals surface area contributed by atoms with Crippen molar-refractivity contribution in [3.05, 3.63) is 57.7 Å². The van der Waals surface area contributed by atoms with E-state index in [1.165, 1.54) is 0 Å². The zero-order valence-electron chi connectivity index (χ0n) is 9.43. The topological polar surface area (TPSA) is 29.5 Å². The van der Waals surface area contributed by atoms with Gasteiger partial charge in [0.2, 0.25) is 0 Å². The third kappa shape index (κ3) is 2.98. The van der Waals surface area contributed by atoms with Crippen molar-refractivity contribution in [2.24, 2.45) is 0 Å². The molecule has 1 N–H and O–H groups in total. The van der Waals surface area contributed by atoms with Crippen molar-refractivity contribution >= 4 is 22.6 Å². The number of aliphatic hydroxyl groups is 1. The van der Waals surface area contributed by atoms with Crippen molar-refractivity contribution in [1.82, 2.24) is 0 Å². The molecule has 1 unspecified atom stereocenters. The average molecular weight is 340 g/mol. The van der Waals surface area contributed by atoms with Crippen LogP contribution in [-0.4, -0.2) is 5.11 Å². The van der Waals surface area contributed by atoms with Crippen LogP contribution in [0.4, 0.5) is 0 Å². The molecule has 2 nitrogen and oxygen atoms in total. The first-order valence-electron chi connectivity index (χ1n) is 5.38. The van der Waals surface area contributed by atoms with Crippen molar-refractivity contribution in [1.29, 1.82) is 0 Å². The Kier molecular flexibility index (Phi) is 4.02. The minimum Gasteiger partial charge on any atom is -0.456 e. The number of ether oxygens (including phenoxy) is 1. The number of rotatable bonds is 3. The summed E-state index contributed by atoms with van der Waals surface area (Å²) in [6.45, 7) is 1.73. The van der Waals surface area contributed by atoms with E-state index < -0.39 is 6.10 Å². The summed E-state index contributed by atoms with van der Waals surface area (Å²) in [4.78, 5) is 0. The van der Waals surface area contributed by atoms with Gasteiger partial charge in [-0.15, -0.1) is 0 Å². The van der Waals surface area contributed by atoms with Crippen LogP contribution in [-0.2, 0) is 0 Å². The van der Waals surface area contributed by atoms with Gasteiger partial charge in [-0.2, -0.15) is 0 Å². The van der Waals surface area contributed by atoms with Gasteiger partial charge in [0.25, 0.3) is 0 Å². The second-order valence-corrected chi connectivity index (χ2v) is 4.91. The van der Waals surface area contributed by atoms with E-state index in [4.69, 9.17) is 4.74 Å². The molecule has 17 heavy (non-hydrogen) atoms. The molecule has 3 heteroatoms. The van der Waals surface area contributed by atoms with Gasteiger partial charge in [0, 0.05) is 5.56 Å². The Hall–Kier alpha value is -1.07. The fourth-order valence-electron chi connectivity index (χ4n) is 1.56. The summed E-state index contributed by atoms with van der Waals surface area (Å²) in [6, 6.07) is 15.3. The van der Waals surface area contributed by atoms with E-state index in [-0.39, 0.29) is 0 Å². The number of hydrogen-bond acceptors (Lipinski definition) is 2. The lowest BCUT2D eigenvalue weighted by Crippen LogP contribution is -1.96. The Morgan fingerprint density at radius 3 is 2.24 bits per heavy atom. The number of halogens is 1. The van der Waals surface area contributed by atoms with Gasteiger partial charge >= 0.3 is 0 Å². The second kappa shape index (κ2) is 5.51. The van der Waals surface area contributed by atoms with Crippen LogP contribution in [0.3, 0.4) is 0 Å². The fourth-order valence-corrected chi connectivity index (χ4v) is 2.06. The van der Waals surface area contributed by atoms with E-state index in [2.05, 4.69) is 22.6 Å². The maximum atomic E-state index is 9.67. The Bertz CT molecular complexity index is 509. The van der Waals surface area contributed by atoms with Crippen molar-refractivity contribution < 1.29 is 9.84 Å². The number of aliphatic hydroxyl groups excluding tert-OH is 1. The van der Waals surface area contributed by atoms with E-state index in [1.807, 2.05) is 48.5 Å². The standard InChI is InChI=1S/C14H13IO2/c1-10(16)11-6-2-4-8-13(11)17-14-9-5-3-7-12(14)15/h2-10,16H,1H3. The Morgan fingerprint density at radius 1 is 1.00 bits per heavy atom. The molecule has 0 aliphatic rings. The van der Waals surface area contributed by atoms with E-state index in [0.29, 0.717) is 5.75 Å². The van der Waals surface area contributed by atoms with E-state index in [1.54, 1.807) is 6.92 Å². The van der Waals surface area contributed by atoms with Gasteiger partial charge in [0.1, 0.15) is 11.5 Å². The summed E-state index contributed by atoms with van der Waals surface area (Å²) in [6.07, 6.45) is -0.535. The molecule has 0 aliphatic heterocycles. The third-order valence-electron chi connectivity index (χ3n) is 2.43. The number of para-hydroxylation sites is 2. The highest BCUT2D eigenvalue weighted by molar-refractivity contribution is 14.1. The molecule has 2 aromatic rings. The molecule has 88 valence electrons. The minimum absolute atomic E-state index is 0.535. The maximum Gasteiger partial charge on any atom is 0.140 e. The second-order valence-electron chi connectivity index (χ2n) is 3.75. The minimum atomic E-state index is -0.535. The van der Waals surface area contributed by atoms with Crippen LogP contribution < -0.4 is 4.74 Å². The predicted molar refractivity (Wildman–Crippen MR) is 76.3 cm³/mol. The molecule has 1 atom stereocenters. The van der Waals surface area contributed by atoms with Crippen molar-refractivity contribution in [2.75, 3.05) is 0 Å². The molecule has 0 saturated heterocycles. The first-order valence-corrected chi connectivity index (χ1v) is 6.45. The van der Waals surface area contributed by atoms with E-state index >= 15 is 0 Å². The zero-order chi connectivity index (χ0) is 12.3. The summed E-state index contributed by atoms with van der Waals surface area (Å²) in [5, 5.41) is 9.67. The highest BCUT2D eigenvalue weighted by Gasteiger charge is 2.10. The van der Waals surface area contributed by atoms with Crippen LogP contribution >= 0.6 is 22.6 Å². The molecule has 0 amide bonds. The number of benzene rings is 2. The molecule has 0 spiro atoms.